The summed E-state index contributed by atoms with van der Waals surface area (Å²) in [6, 6.07) is 0. The Labute approximate surface area is 127 Å². The summed E-state index contributed by atoms with van der Waals surface area (Å²) in [6.07, 6.45) is -1.35. The number of hydrogen-bond donors (Lipinski definition) is 3. The summed E-state index contributed by atoms with van der Waals surface area (Å²) in [5, 5.41) is 25.6. The minimum atomic E-state index is -1.02. The fourth-order valence-corrected chi connectivity index (χ4v) is 1.41. The Morgan fingerprint density at radius 3 is 1.64 bits per heavy atom. The highest BCUT2D eigenvalue weighted by molar-refractivity contribution is 5.67. The minimum Gasteiger partial charge on any atom is -0.481 e. The molecule has 0 heterocycles. The van der Waals surface area contributed by atoms with Crippen LogP contribution < -0.4 is 0 Å². The highest BCUT2D eigenvalue weighted by Crippen LogP contribution is 2.11. The van der Waals surface area contributed by atoms with Crippen LogP contribution in [0.15, 0.2) is 0 Å². The number of carboxylic acids is 3. The molecule has 0 fully saturated rings. The number of aliphatic carboxylic acids is 3. The van der Waals surface area contributed by atoms with Gasteiger partial charge >= 0.3 is 17.9 Å². The van der Waals surface area contributed by atoms with Crippen LogP contribution in [0.5, 0.6) is 0 Å². The molecule has 0 aromatic rings. The van der Waals surface area contributed by atoms with E-state index in [1.54, 1.807) is 6.92 Å². The van der Waals surface area contributed by atoms with Crippen LogP contribution in [0.2, 0.25) is 0 Å². The third-order valence-corrected chi connectivity index (χ3v) is 2.50. The molecule has 0 aliphatic carbocycles. The number of carboxylic acid groups (broad SMARTS) is 3. The first-order chi connectivity index (χ1) is 10.3. The minimum absolute atomic E-state index is 0.0383. The van der Waals surface area contributed by atoms with Gasteiger partial charge in [0.05, 0.1) is 45.7 Å². The van der Waals surface area contributed by atoms with Crippen molar-refractivity contribution in [2.24, 2.45) is 5.92 Å². The maximum Gasteiger partial charge on any atom is 0.305 e. The highest BCUT2D eigenvalue weighted by atomic mass is 16.7. The van der Waals surface area contributed by atoms with E-state index < -0.39 is 24.2 Å². The van der Waals surface area contributed by atoms with Crippen molar-refractivity contribution < 1.29 is 43.9 Å². The molecule has 0 amide bonds. The Morgan fingerprint density at radius 2 is 1.23 bits per heavy atom. The van der Waals surface area contributed by atoms with Crippen molar-refractivity contribution in [2.45, 2.75) is 32.5 Å². The summed E-state index contributed by atoms with van der Waals surface area (Å²) >= 11 is 0. The van der Waals surface area contributed by atoms with E-state index in [4.69, 9.17) is 29.5 Å². The molecule has 0 aliphatic rings. The highest BCUT2D eigenvalue weighted by Gasteiger charge is 2.20. The first-order valence-corrected chi connectivity index (χ1v) is 6.79. The Hall–Kier alpha value is -1.71. The summed E-state index contributed by atoms with van der Waals surface area (Å²) in [7, 11) is 0. The van der Waals surface area contributed by atoms with Gasteiger partial charge in [0.2, 0.25) is 0 Å². The zero-order valence-electron chi connectivity index (χ0n) is 12.4. The van der Waals surface area contributed by atoms with Gasteiger partial charge in [0.25, 0.3) is 0 Å². The van der Waals surface area contributed by atoms with E-state index in [0.717, 1.165) is 0 Å². The van der Waals surface area contributed by atoms with Crippen LogP contribution in [0, 0.1) is 5.92 Å². The zero-order chi connectivity index (χ0) is 17.0. The van der Waals surface area contributed by atoms with Crippen LogP contribution >= 0.6 is 0 Å². The monoisotopic (exact) mass is 322 g/mol. The number of hydrogen-bond acceptors (Lipinski definition) is 6. The van der Waals surface area contributed by atoms with Crippen molar-refractivity contribution >= 4 is 17.9 Å². The number of rotatable bonds is 14. The van der Waals surface area contributed by atoms with Gasteiger partial charge in [-0.05, 0) is 0 Å². The fraction of sp³-hybridized carbons (Fsp3) is 0.769. The van der Waals surface area contributed by atoms with Crippen molar-refractivity contribution in [2.75, 3.05) is 26.4 Å². The van der Waals surface area contributed by atoms with Gasteiger partial charge in [-0.1, -0.05) is 6.92 Å². The second kappa shape index (κ2) is 11.9. The molecule has 0 radical (unpaired) electrons. The average Bonchev–Trinajstić information content (AvgIpc) is 2.40. The van der Waals surface area contributed by atoms with Gasteiger partial charge in [0.1, 0.15) is 0 Å². The van der Waals surface area contributed by atoms with E-state index >= 15 is 0 Å². The molecule has 22 heavy (non-hydrogen) atoms. The molecule has 0 bridgehead atoms. The quantitative estimate of drug-likeness (QED) is 0.306. The first kappa shape index (κ1) is 20.3. The van der Waals surface area contributed by atoms with Crippen LogP contribution in [0.4, 0.5) is 0 Å². The second-order valence-corrected chi connectivity index (χ2v) is 4.59. The van der Waals surface area contributed by atoms with E-state index in [-0.39, 0.29) is 51.6 Å². The normalized spacial score (nSPS) is 12.3. The van der Waals surface area contributed by atoms with Crippen LogP contribution in [0.25, 0.3) is 0 Å². The lowest BCUT2D eigenvalue weighted by Crippen LogP contribution is -2.30. The van der Waals surface area contributed by atoms with E-state index in [2.05, 4.69) is 0 Å². The Balaban J connectivity index is 4.18. The Kier molecular flexibility index (Phi) is 11.0. The van der Waals surface area contributed by atoms with E-state index in [0.29, 0.717) is 0 Å². The van der Waals surface area contributed by atoms with Gasteiger partial charge in [-0.25, -0.2) is 0 Å². The molecule has 0 saturated carbocycles. The fourth-order valence-electron chi connectivity index (χ4n) is 1.41. The second-order valence-electron chi connectivity index (χ2n) is 4.59. The van der Waals surface area contributed by atoms with Gasteiger partial charge in [-0.3, -0.25) is 14.4 Å². The molecule has 0 rings (SSSR count). The predicted molar refractivity (Wildman–Crippen MR) is 72.4 cm³/mol. The van der Waals surface area contributed by atoms with Crippen molar-refractivity contribution in [3.05, 3.63) is 0 Å². The lowest BCUT2D eigenvalue weighted by atomic mass is 10.2. The third-order valence-electron chi connectivity index (χ3n) is 2.50. The van der Waals surface area contributed by atoms with Crippen molar-refractivity contribution in [3.63, 3.8) is 0 Å². The van der Waals surface area contributed by atoms with Crippen molar-refractivity contribution in [1.82, 2.24) is 0 Å². The summed E-state index contributed by atoms with van der Waals surface area (Å²) in [4.78, 5) is 31.2. The number of carbonyl (C=O) groups is 3. The van der Waals surface area contributed by atoms with Crippen LogP contribution in [-0.4, -0.2) is 65.9 Å². The van der Waals surface area contributed by atoms with Gasteiger partial charge in [-0.15, -0.1) is 0 Å². The predicted octanol–water partition coefficient (Wildman–Crippen LogP) is 0.423. The molecule has 0 aliphatic heterocycles. The van der Waals surface area contributed by atoms with Crippen molar-refractivity contribution in [3.8, 4) is 0 Å². The topological polar surface area (TPSA) is 140 Å². The largest absolute Gasteiger partial charge is 0.481 e. The standard InChI is InChI=1S/C13H22O9/c1-9(8-20-5-2-10(14)15)13(21-6-3-11(16)17)22-7-4-12(18)19/h9,13H,2-8H2,1H3,(H,14,15)(H,16,17)(H,18,19). The van der Waals surface area contributed by atoms with Crippen LogP contribution in [0.3, 0.4) is 0 Å². The SMILES string of the molecule is CC(COCCC(=O)O)C(OCCC(=O)O)OCCC(=O)O. The van der Waals surface area contributed by atoms with Crippen LogP contribution in [-0.2, 0) is 28.6 Å². The smallest absolute Gasteiger partial charge is 0.305 e. The summed E-state index contributed by atoms with van der Waals surface area (Å²) in [6.45, 7) is 1.75. The molecule has 0 spiro atoms. The molecule has 1 atom stereocenters. The summed E-state index contributed by atoms with van der Waals surface area (Å²) < 4.78 is 15.7. The van der Waals surface area contributed by atoms with Crippen LogP contribution in [0.1, 0.15) is 26.2 Å². The Bertz CT molecular complexity index is 335. The lowest BCUT2D eigenvalue weighted by Gasteiger charge is -2.24. The van der Waals surface area contributed by atoms with Gasteiger partial charge in [0.15, 0.2) is 6.29 Å². The lowest BCUT2D eigenvalue weighted by molar-refractivity contribution is -0.183. The maximum absolute atomic E-state index is 10.4. The summed E-state index contributed by atoms with van der Waals surface area (Å²) in [5.74, 6) is -3.32. The maximum atomic E-state index is 10.4. The van der Waals surface area contributed by atoms with E-state index in [1.165, 1.54) is 0 Å². The molecule has 0 aromatic carbocycles. The zero-order valence-corrected chi connectivity index (χ0v) is 12.4. The molecule has 0 saturated heterocycles. The van der Waals surface area contributed by atoms with E-state index in [1.807, 2.05) is 0 Å². The summed E-state index contributed by atoms with van der Waals surface area (Å²) in [5.41, 5.74) is 0. The van der Waals surface area contributed by atoms with Gasteiger partial charge in [0, 0.05) is 5.92 Å². The molecule has 128 valence electrons. The average molecular weight is 322 g/mol. The molecule has 0 aromatic heterocycles. The van der Waals surface area contributed by atoms with E-state index in [9.17, 15) is 14.4 Å². The molecule has 9 nitrogen and oxygen atoms in total. The molecular formula is C13H22O9. The van der Waals surface area contributed by atoms with Gasteiger partial charge < -0.3 is 29.5 Å². The first-order valence-electron chi connectivity index (χ1n) is 6.79. The number of ether oxygens (including phenoxy) is 3. The molecule has 3 N–H and O–H groups in total. The Morgan fingerprint density at radius 1 is 0.818 bits per heavy atom. The van der Waals surface area contributed by atoms with Gasteiger partial charge in [-0.2, -0.15) is 0 Å². The van der Waals surface area contributed by atoms with Crippen molar-refractivity contribution in [1.29, 1.82) is 0 Å². The third kappa shape index (κ3) is 12.1. The molecular weight excluding hydrogens is 300 g/mol. The molecule has 9 heteroatoms. The molecule has 1 unspecified atom stereocenters.